The maximum atomic E-state index is 11.5. The Morgan fingerprint density at radius 3 is 3.00 bits per heavy atom. The van der Waals surface area contributed by atoms with Gasteiger partial charge in [-0.15, -0.1) is 0 Å². The van der Waals surface area contributed by atoms with Crippen LogP contribution in [-0.4, -0.2) is 25.5 Å². The van der Waals surface area contributed by atoms with Gasteiger partial charge in [-0.25, -0.2) is 0 Å². The van der Waals surface area contributed by atoms with Gasteiger partial charge in [-0.2, -0.15) is 0 Å². The van der Waals surface area contributed by atoms with Crippen molar-refractivity contribution in [1.82, 2.24) is 5.32 Å². The predicted octanol–water partition coefficient (Wildman–Crippen LogP) is 0.642. The van der Waals surface area contributed by atoms with Crippen LogP contribution in [0.5, 0.6) is 0 Å². The van der Waals surface area contributed by atoms with E-state index in [1.165, 1.54) is 5.56 Å². The maximum absolute atomic E-state index is 11.5. The molecule has 0 radical (unpaired) electrons. The number of nitrogens with two attached hydrogens (primary N) is 1. The number of nitrogens with one attached hydrogen (secondary N) is 1. The molecule has 0 aliphatic carbocycles. The Labute approximate surface area is 102 Å². The second kappa shape index (κ2) is 4.85. The van der Waals surface area contributed by atoms with Crippen molar-refractivity contribution in [2.75, 3.05) is 18.5 Å². The summed E-state index contributed by atoms with van der Waals surface area (Å²) in [5, 5.41) is 3.29. The zero-order valence-electron chi connectivity index (χ0n) is 10.4. The molecule has 0 saturated carbocycles. The van der Waals surface area contributed by atoms with Gasteiger partial charge in [0.15, 0.2) is 0 Å². The van der Waals surface area contributed by atoms with Crippen LogP contribution < -0.4 is 16.0 Å². The quantitative estimate of drug-likeness (QED) is 0.802. The Morgan fingerprint density at radius 1 is 1.53 bits per heavy atom. The molecule has 4 heteroatoms. The van der Waals surface area contributed by atoms with E-state index < -0.39 is 0 Å². The largest absolute Gasteiger partial charge is 0.327 e. The number of likely N-dealkylation sites (N-methyl/N-ethyl adjacent to an activating group) is 1. The van der Waals surface area contributed by atoms with Gasteiger partial charge >= 0.3 is 0 Å². The van der Waals surface area contributed by atoms with Crippen LogP contribution in [0.2, 0.25) is 0 Å². The lowest BCUT2D eigenvalue weighted by molar-refractivity contribution is -0.117. The van der Waals surface area contributed by atoms with Crippen molar-refractivity contribution in [2.24, 2.45) is 5.73 Å². The molecule has 0 saturated heterocycles. The zero-order chi connectivity index (χ0) is 12.4. The van der Waals surface area contributed by atoms with Gasteiger partial charge in [0.05, 0.1) is 6.42 Å². The van der Waals surface area contributed by atoms with Crippen LogP contribution >= 0.6 is 0 Å². The lowest BCUT2D eigenvalue weighted by Crippen LogP contribution is -2.30. The van der Waals surface area contributed by atoms with E-state index in [4.69, 9.17) is 5.73 Å². The highest BCUT2D eigenvalue weighted by Gasteiger charge is 2.23. The van der Waals surface area contributed by atoms with Crippen LogP contribution in [-0.2, 0) is 17.8 Å². The fourth-order valence-corrected chi connectivity index (χ4v) is 2.08. The van der Waals surface area contributed by atoms with E-state index in [-0.39, 0.29) is 11.9 Å². The molecule has 3 N–H and O–H groups in total. The molecule has 17 heavy (non-hydrogen) atoms. The smallest absolute Gasteiger partial charge is 0.231 e. The number of carbonyl (C=O) groups is 1. The summed E-state index contributed by atoms with van der Waals surface area (Å²) >= 11 is 0. The summed E-state index contributed by atoms with van der Waals surface area (Å²) in [6, 6.07) is 6.34. The van der Waals surface area contributed by atoms with Gasteiger partial charge in [0.2, 0.25) is 5.91 Å². The molecular weight excluding hydrogens is 214 g/mol. The molecule has 0 bridgehead atoms. The van der Waals surface area contributed by atoms with Crippen LogP contribution in [0.4, 0.5) is 5.69 Å². The van der Waals surface area contributed by atoms with Crippen molar-refractivity contribution in [1.29, 1.82) is 0 Å². The number of benzene rings is 1. The third-order valence-corrected chi connectivity index (χ3v) is 3.02. The van der Waals surface area contributed by atoms with Gasteiger partial charge in [-0.1, -0.05) is 12.1 Å². The van der Waals surface area contributed by atoms with E-state index in [1.54, 1.807) is 4.90 Å². The number of carbonyl (C=O) groups excluding carboxylic acids is 1. The van der Waals surface area contributed by atoms with Gasteiger partial charge in [0.1, 0.15) is 0 Å². The van der Waals surface area contributed by atoms with Gasteiger partial charge in [-0.3, -0.25) is 4.79 Å². The van der Waals surface area contributed by atoms with E-state index in [1.807, 2.05) is 20.0 Å². The molecule has 0 fully saturated rings. The van der Waals surface area contributed by atoms with Gasteiger partial charge in [-0.05, 0) is 24.1 Å². The SMILES string of the molecule is CC(N)CNCc1ccc2c(c1)CC(=O)N2C. The van der Waals surface area contributed by atoms with Crippen LogP contribution in [0.1, 0.15) is 18.1 Å². The van der Waals surface area contributed by atoms with Crippen LogP contribution in [0, 0.1) is 0 Å². The Morgan fingerprint density at radius 2 is 2.29 bits per heavy atom. The zero-order valence-corrected chi connectivity index (χ0v) is 10.4. The molecule has 0 aromatic heterocycles. The number of amides is 1. The second-order valence-electron chi connectivity index (χ2n) is 4.70. The standard InChI is InChI=1S/C13H19N3O/c1-9(14)7-15-8-10-3-4-12-11(5-10)6-13(17)16(12)2/h3-5,9,15H,6-8,14H2,1-2H3. The average molecular weight is 233 g/mol. The summed E-state index contributed by atoms with van der Waals surface area (Å²) in [5.41, 5.74) is 9.03. The first kappa shape index (κ1) is 12.1. The maximum Gasteiger partial charge on any atom is 0.231 e. The normalized spacial score (nSPS) is 16.2. The number of anilines is 1. The molecule has 1 unspecified atom stereocenters. The summed E-state index contributed by atoms with van der Waals surface area (Å²) in [5.74, 6) is 0.167. The minimum atomic E-state index is 0.164. The Hall–Kier alpha value is -1.39. The number of rotatable bonds is 4. The van der Waals surface area contributed by atoms with E-state index in [0.29, 0.717) is 6.42 Å². The Balaban J connectivity index is 2.03. The molecular formula is C13H19N3O. The number of hydrogen-bond donors (Lipinski definition) is 2. The van der Waals surface area contributed by atoms with Crippen LogP contribution in [0.3, 0.4) is 0 Å². The van der Waals surface area contributed by atoms with Crippen LogP contribution in [0.25, 0.3) is 0 Å². The first-order valence-corrected chi connectivity index (χ1v) is 5.92. The number of nitrogens with zero attached hydrogens (tertiary/aromatic N) is 1. The summed E-state index contributed by atoms with van der Waals surface area (Å²) in [4.78, 5) is 13.3. The molecule has 2 rings (SSSR count). The molecule has 1 amide bonds. The van der Waals surface area contributed by atoms with Crippen molar-refractivity contribution < 1.29 is 4.79 Å². The predicted molar refractivity (Wildman–Crippen MR) is 68.9 cm³/mol. The summed E-state index contributed by atoms with van der Waals surface area (Å²) in [6.45, 7) is 3.58. The monoisotopic (exact) mass is 233 g/mol. The molecule has 1 aromatic rings. The van der Waals surface area contributed by atoms with E-state index in [9.17, 15) is 4.79 Å². The molecule has 1 aliphatic heterocycles. The van der Waals surface area contributed by atoms with Crippen LogP contribution in [0.15, 0.2) is 18.2 Å². The Kier molecular flexibility index (Phi) is 3.45. The second-order valence-corrected chi connectivity index (χ2v) is 4.70. The van der Waals surface area contributed by atoms with E-state index >= 15 is 0 Å². The topological polar surface area (TPSA) is 58.4 Å². The average Bonchev–Trinajstić information content (AvgIpc) is 2.54. The highest BCUT2D eigenvalue weighted by atomic mass is 16.2. The van der Waals surface area contributed by atoms with E-state index in [0.717, 1.165) is 24.3 Å². The summed E-state index contributed by atoms with van der Waals surface area (Å²) < 4.78 is 0. The lowest BCUT2D eigenvalue weighted by Gasteiger charge is -2.11. The fraction of sp³-hybridized carbons (Fsp3) is 0.462. The van der Waals surface area contributed by atoms with Gasteiger partial charge in [0, 0.05) is 31.9 Å². The number of hydrogen-bond acceptors (Lipinski definition) is 3. The number of fused-ring (bicyclic) bond motifs is 1. The van der Waals surface area contributed by atoms with Crippen molar-refractivity contribution in [3.63, 3.8) is 0 Å². The molecule has 4 nitrogen and oxygen atoms in total. The van der Waals surface area contributed by atoms with E-state index in [2.05, 4.69) is 17.4 Å². The fourth-order valence-electron chi connectivity index (χ4n) is 2.08. The molecule has 1 aromatic carbocycles. The molecule has 1 atom stereocenters. The van der Waals surface area contributed by atoms with Gasteiger partial charge < -0.3 is 16.0 Å². The van der Waals surface area contributed by atoms with Gasteiger partial charge in [0.25, 0.3) is 0 Å². The third kappa shape index (κ3) is 2.65. The van der Waals surface area contributed by atoms with Crippen molar-refractivity contribution >= 4 is 11.6 Å². The third-order valence-electron chi connectivity index (χ3n) is 3.02. The first-order chi connectivity index (χ1) is 8.08. The Bertz CT molecular complexity index is 429. The molecule has 92 valence electrons. The minimum Gasteiger partial charge on any atom is -0.327 e. The summed E-state index contributed by atoms with van der Waals surface area (Å²) in [6.07, 6.45) is 0.521. The first-order valence-electron chi connectivity index (χ1n) is 5.92. The molecule has 0 spiro atoms. The molecule has 1 heterocycles. The van der Waals surface area contributed by atoms with Crippen molar-refractivity contribution in [3.05, 3.63) is 29.3 Å². The van der Waals surface area contributed by atoms with Crippen molar-refractivity contribution in [2.45, 2.75) is 25.9 Å². The highest BCUT2D eigenvalue weighted by molar-refractivity contribution is 6.00. The minimum absolute atomic E-state index is 0.164. The van der Waals surface area contributed by atoms with Crippen molar-refractivity contribution in [3.8, 4) is 0 Å². The summed E-state index contributed by atoms with van der Waals surface area (Å²) in [7, 11) is 1.82. The lowest BCUT2D eigenvalue weighted by atomic mass is 10.1. The molecule has 1 aliphatic rings. The highest BCUT2D eigenvalue weighted by Crippen LogP contribution is 2.28.